The number of anilines is 1. The molecule has 2 N–H and O–H groups in total. The number of methoxy groups -OCH3 is 1. The van der Waals surface area contributed by atoms with Gasteiger partial charge in [-0.1, -0.05) is 24.3 Å². The van der Waals surface area contributed by atoms with Gasteiger partial charge in [-0.2, -0.15) is 0 Å². The number of ether oxygens (including phenoxy) is 1. The molecule has 2 aromatic rings. The topological polar surface area (TPSA) is 54.2 Å². The number of piperazine rings is 1. The van der Waals surface area contributed by atoms with Gasteiger partial charge in [-0.25, -0.2) is 4.79 Å². The van der Waals surface area contributed by atoms with Crippen molar-refractivity contribution in [2.45, 2.75) is 6.54 Å². The maximum Gasteiger partial charge on any atom is 0.337 e. The van der Waals surface area contributed by atoms with Gasteiger partial charge in [0.1, 0.15) is 12.3 Å². The van der Waals surface area contributed by atoms with E-state index in [4.69, 9.17) is 4.74 Å². The number of phenols is 1. The Bertz CT molecular complexity index is 709. The molecular formula is C19H23N2O3+. The molecule has 0 saturated carbocycles. The predicted molar refractivity (Wildman–Crippen MR) is 92.5 cm³/mol. The zero-order valence-electron chi connectivity index (χ0n) is 13.9. The lowest BCUT2D eigenvalue weighted by Crippen LogP contribution is -3.13. The zero-order valence-corrected chi connectivity index (χ0v) is 13.9. The van der Waals surface area contributed by atoms with E-state index in [0.717, 1.165) is 44.0 Å². The monoisotopic (exact) mass is 327 g/mol. The lowest BCUT2D eigenvalue weighted by molar-refractivity contribution is -0.914. The first-order valence-corrected chi connectivity index (χ1v) is 8.21. The third kappa shape index (κ3) is 3.68. The van der Waals surface area contributed by atoms with Gasteiger partial charge in [0, 0.05) is 5.56 Å². The largest absolute Gasteiger partial charge is 0.506 e. The van der Waals surface area contributed by atoms with Crippen molar-refractivity contribution in [3.8, 4) is 5.75 Å². The average Bonchev–Trinajstić information content (AvgIpc) is 2.62. The van der Waals surface area contributed by atoms with Crippen molar-refractivity contribution in [1.29, 1.82) is 0 Å². The fraction of sp³-hybridized carbons (Fsp3) is 0.316. The quantitative estimate of drug-likeness (QED) is 0.826. The van der Waals surface area contributed by atoms with Gasteiger partial charge in [-0.15, -0.1) is 0 Å². The van der Waals surface area contributed by atoms with Crippen LogP contribution in [0.3, 0.4) is 0 Å². The first kappa shape index (κ1) is 16.3. The van der Waals surface area contributed by atoms with E-state index in [1.807, 2.05) is 30.3 Å². The Morgan fingerprint density at radius 1 is 1.17 bits per heavy atom. The van der Waals surface area contributed by atoms with E-state index in [1.54, 1.807) is 12.1 Å². The summed E-state index contributed by atoms with van der Waals surface area (Å²) in [5.41, 5.74) is 2.65. The van der Waals surface area contributed by atoms with Crippen LogP contribution in [-0.2, 0) is 11.3 Å². The average molecular weight is 327 g/mol. The second-order valence-electron chi connectivity index (χ2n) is 6.09. The standard InChI is InChI=1S/C19H22N2O3/c1-24-19(23)16-6-4-5-15(13-16)14-20-9-11-21(12-10-20)17-7-2-3-8-18(17)22/h2-8,13,22H,9-12,14H2,1H3/p+1. The van der Waals surface area contributed by atoms with Gasteiger partial charge in [0.15, 0.2) is 0 Å². The number of esters is 1. The minimum Gasteiger partial charge on any atom is -0.506 e. The normalized spacial score (nSPS) is 15.3. The van der Waals surface area contributed by atoms with Gasteiger partial charge >= 0.3 is 5.97 Å². The van der Waals surface area contributed by atoms with Crippen LogP contribution in [0.15, 0.2) is 48.5 Å². The zero-order chi connectivity index (χ0) is 16.9. The summed E-state index contributed by atoms with van der Waals surface area (Å²) < 4.78 is 4.78. The van der Waals surface area contributed by atoms with Crippen LogP contribution in [0.5, 0.6) is 5.75 Å². The number of quaternary nitrogens is 1. The summed E-state index contributed by atoms with van der Waals surface area (Å²) in [6.45, 7) is 4.69. The summed E-state index contributed by atoms with van der Waals surface area (Å²) in [6.07, 6.45) is 0. The molecule has 24 heavy (non-hydrogen) atoms. The summed E-state index contributed by atoms with van der Waals surface area (Å²) in [5, 5.41) is 9.98. The third-order valence-corrected chi connectivity index (χ3v) is 4.50. The molecule has 0 bridgehead atoms. The fourth-order valence-electron chi connectivity index (χ4n) is 3.19. The molecule has 1 aliphatic heterocycles. The second kappa shape index (κ2) is 7.36. The smallest absolute Gasteiger partial charge is 0.337 e. The molecule has 0 radical (unpaired) electrons. The van der Waals surface area contributed by atoms with Crippen molar-refractivity contribution in [2.75, 3.05) is 38.2 Å². The van der Waals surface area contributed by atoms with Crippen LogP contribution < -0.4 is 9.80 Å². The van der Waals surface area contributed by atoms with Crippen LogP contribution in [0.25, 0.3) is 0 Å². The van der Waals surface area contributed by atoms with Gasteiger partial charge < -0.3 is 19.6 Å². The van der Waals surface area contributed by atoms with Crippen LogP contribution in [0.2, 0.25) is 0 Å². The number of carbonyl (C=O) groups excluding carboxylic acids is 1. The van der Waals surface area contributed by atoms with Crippen LogP contribution in [0.1, 0.15) is 15.9 Å². The molecular weight excluding hydrogens is 304 g/mol. The van der Waals surface area contributed by atoms with E-state index in [9.17, 15) is 9.90 Å². The molecule has 0 amide bonds. The van der Waals surface area contributed by atoms with E-state index in [0.29, 0.717) is 11.3 Å². The number of phenolic OH excluding ortho intramolecular Hbond substituents is 1. The van der Waals surface area contributed by atoms with Crippen LogP contribution in [0, 0.1) is 0 Å². The van der Waals surface area contributed by atoms with Crippen LogP contribution >= 0.6 is 0 Å². The van der Waals surface area contributed by atoms with Gasteiger partial charge in [0.25, 0.3) is 0 Å². The number of nitrogens with zero attached hydrogens (tertiary/aromatic N) is 1. The first-order valence-electron chi connectivity index (χ1n) is 8.21. The van der Waals surface area contributed by atoms with E-state index >= 15 is 0 Å². The maximum absolute atomic E-state index is 11.6. The van der Waals surface area contributed by atoms with Crippen molar-refractivity contribution < 1.29 is 19.5 Å². The Kier molecular flexibility index (Phi) is 5.01. The van der Waals surface area contributed by atoms with Crippen molar-refractivity contribution in [3.63, 3.8) is 0 Å². The van der Waals surface area contributed by atoms with Gasteiger partial charge in [0.05, 0.1) is 44.5 Å². The number of hydrogen-bond donors (Lipinski definition) is 2. The van der Waals surface area contributed by atoms with E-state index < -0.39 is 0 Å². The summed E-state index contributed by atoms with van der Waals surface area (Å²) in [5.74, 6) is 0.0444. The number of rotatable bonds is 4. The minimum absolute atomic E-state index is 0.295. The number of hydrogen-bond acceptors (Lipinski definition) is 4. The van der Waals surface area contributed by atoms with Gasteiger partial charge in [0.2, 0.25) is 0 Å². The summed E-state index contributed by atoms with van der Waals surface area (Å²) in [6, 6.07) is 15.1. The molecule has 2 aromatic carbocycles. The maximum atomic E-state index is 11.6. The van der Waals surface area contributed by atoms with Gasteiger partial charge in [-0.05, 0) is 24.3 Å². The summed E-state index contributed by atoms with van der Waals surface area (Å²) in [7, 11) is 1.40. The van der Waals surface area contributed by atoms with E-state index in [-0.39, 0.29) is 5.97 Å². The second-order valence-corrected chi connectivity index (χ2v) is 6.09. The highest BCUT2D eigenvalue weighted by atomic mass is 16.5. The highest BCUT2D eigenvalue weighted by molar-refractivity contribution is 5.89. The molecule has 0 aliphatic carbocycles. The van der Waals surface area contributed by atoms with E-state index in [1.165, 1.54) is 12.0 Å². The molecule has 5 nitrogen and oxygen atoms in total. The predicted octanol–water partition coefficient (Wildman–Crippen LogP) is 1.08. The minimum atomic E-state index is -0.295. The molecule has 5 heteroatoms. The van der Waals surface area contributed by atoms with Crippen molar-refractivity contribution in [1.82, 2.24) is 0 Å². The molecule has 1 heterocycles. The molecule has 3 rings (SSSR count). The van der Waals surface area contributed by atoms with Gasteiger partial charge in [-0.3, -0.25) is 0 Å². The fourth-order valence-corrected chi connectivity index (χ4v) is 3.19. The Hall–Kier alpha value is -2.53. The van der Waals surface area contributed by atoms with Crippen LogP contribution in [0.4, 0.5) is 5.69 Å². The third-order valence-electron chi connectivity index (χ3n) is 4.50. The Balaban J connectivity index is 1.60. The summed E-state index contributed by atoms with van der Waals surface area (Å²) in [4.78, 5) is 15.3. The Morgan fingerprint density at radius 3 is 2.62 bits per heavy atom. The molecule has 0 unspecified atom stereocenters. The highest BCUT2D eigenvalue weighted by Crippen LogP contribution is 2.25. The highest BCUT2D eigenvalue weighted by Gasteiger charge is 2.22. The van der Waals surface area contributed by atoms with Crippen molar-refractivity contribution in [3.05, 3.63) is 59.7 Å². The summed E-state index contributed by atoms with van der Waals surface area (Å²) >= 11 is 0. The first-order chi connectivity index (χ1) is 11.7. The number of aromatic hydroxyl groups is 1. The lowest BCUT2D eigenvalue weighted by atomic mass is 10.1. The molecule has 1 aliphatic rings. The van der Waals surface area contributed by atoms with Crippen molar-refractivity contribution >= 4 is 11.7 Å². The molecule has 126 valence electrons. The molecule has 1 saturated heterocycles. The molecule has 1 fully saturated rings. The number of benzene rings is 2. The Labute approximate surface area is 142 Å². The SMILES string of the molecule is COC(=O)c1cccc(C[NH+]2CCN(c3ccccc3O)CC2)c1. The number of para-hydroxylation sites is 2. The van der Waals surface area contributed by atoms with Crippen molar-refractivity contribution in [2.24, 2.45) is 0 Å². The van der Waals surface area contributed by atoms with Crippen LogP contribution in [-0.4, -0.2) is 44.4 Å². The number of nitrogens with one attached hydrogen (secondary N) is 1. The Morgan fingerprint density at radius 2 is 1.92 bits per heavy atom. The molecule has 0 aromatic heterocycles. The lowest BCUT2D eigenvalue weighted by Gasteiger charge is -2.34. The van der Waals surface area contributed by atoms with E-state index in [2.05, 4.69) is 11.0 Å². The molecule has 0 spiro atoms. The number of carbonyl (C=O) groups is 1. The molecule has 0 atom stereocenters.